The summed E-state index contributed by atoms with van der Waals surface area (Å²) in [5, 5.41) is 11.8. The van der Waals surface area contributed by atoms with Gasteiger partial charge in [0.2, 0.25) is 0 Å². The molecule has 0 aromatic rings. The maximum absolute atomic E-state index is 8.56. The minimum Gasteiger partial charge on any atom is -0.395 e. The molecule has 2 N–H and O–H groups in total. The molecule has 1 rings (SSSR count). The van der Waals surface area contributed by atoms with Crippen molar-refractivity contribution in [1.82, 2.24) is 10.2 Å². The molecular weight excluding hydrogens is 152 g/mol. The summed E-state index contributed by atoms with van der Waals surface area (Å²) < 4.78 is 0. The largest absolute Gasteiger partial charge is 0.395 e. The lowest BCUT2D eigenvalue weighted by Gasteiger charge is -2.24. The van der Waals surface area contributed by atoms with Gasteiger partial charge in [0.05, 0.1) is 6.61 Å². The second-order valence-corrected chi connectivity index (χ2v) is 3.67. The first-order valence-corrected chi connectivity index (χ1v) is 4.79. The van der Waals surface area contributed by atoms with Gasteiger partial charge < -0.3 is 10.4 Å². The highest BCUT2D eigenvalue weighted by molar-refractivity contribution is 4.85. The highest BCUT2D eigenvalue weighted by Gasteiger charge is 2.28. The van der Waals surface area contributed by atoms with Crippen LogP contribution in [0.15, 0.2) is 0 Å². The molecule has 1 aliphatic carbocycles. The van der Waals surface area contributed by atoms with Gasteiger partial charge in [-0.05, 0) is 26.8 Å². The van der Waals surface area contributed by atoms with Crippen LogP contribution in [0.5, 0.6) is 0 Å². The molecule has 0 aromatic carbocycles. The van der Waals surface area contributed by atoms with Crippen molar-refractivity contribution in [3.63, 3.8) is 0 Å². The van der Waals surface area contributed by atoms with Crippen LogP contribution in [0.1, 0.15) is 19.8 Å². The summed E-state index contributed by atoms with van der Waals surface area (Å²) in [6, 6.07) is 1.42. The van der Waals surface area contributed by atoms with Gasteiger partial charge in [-0.2, -0.15) is 0 Å². The Morgan fingerprint density at radius 3 is 2.75 bits per heavy atom. The van der Waals surface area contributed by atoms with Crippen LogP contribution in [0.2, 0.25) is 0 Å². The zero-order chi connectivity index (χ0) is 8.97. The minimum absolute atomic E-state index is 0.236. The van der Waals surface area contributed by atoms with E-state index in [1.807, 2.05) is 0 Å². The van der Waals surface area contributed by atoms with E-state index in [0.29, 0.717) is 12.6 Å². The van der Waals surface area contributed by atoms with E-state index < -0.39 is 0 Å². The zero-order valence-electron chi connectivity index (χ0n) is 8.08. The molecule has 0 heterocycles. The monoisotopic (exact) mass is 172 g/mol. The van der Waals surface area contributed by atoms with Crippen molar-refractivity contribution in [3.05, 3.63) is 0 Å². The molecule has 3 heteroatoms. The zero-order valence-corrected chi connectivity index (χ0v) is 8.08. The molecule has 3 nitrogen and oxygen atoms in total. The fourth-order valence-corrected chi connectivity index (χ4v) is 1.38. The van der Waals surface area contributed by atoms with Crippen molar-refractivity contribution in [2.45, 2.75) is 31.8 Å². The molecule has 1 fully saturated rings. The Balaban J connectivity index is 2.04. The smallest absolute Gasteiger partial charge is 0.0555 e. The Bertz CT molecular complexity index is 126. The first kappa shape index (κ1) is 9.96. The quantitative estimate of drug-likeness (QED) is 0.556. The maximum Gasteiger partial charge on any atom is 0.0555 e. The van der Waals surface area contributed by atoms with E-state index in [2.05, 4.69) is 24.2 Å². The molecule has 0 spiro atoms. The lowest BCUT2D eigenvalue weighted by molar-refractivity contribution is 0.232. The van der Waals surface area contributed by atoms with Gasteiger partial charge in [0.15, 0.2) is 0 Å². The Hall–Kier alpha value is -0.120. The fourth-order valence-electron chi connectivity index (χ4n) is 1.38. The Morgan fingerprint density at radius 2 is 2.25 bits per heavy atom. The summed E-state index contributed by atoms with van der Waals surface area (Å²) in [5.41, 5.74) is 0. The van der Waals surface area contributed by atoms with E-state index in [4.69, 9.17) is 5.11 Å². The predicted molar refractivity (Wildman–Crippen MR) is 50.2 cm³/mol. The Kier molecular flexibility index (Phi) is 3.98. The summed E-state index contributed by atoms with van der Waals surface area (Å²) in [6.45, 7) is 4.15. The minimum atomic E-state index is 0.236. The summed E-state index contributed by atoms with van der Waals surface area (Å²) in [7, 11) is 2.18. The van der Waals surface area contributed by atoms with Gasteiger partial charge in [0.25, 0.3) is 0 Å². The van der Waals surface area contributed by atoms with Crippen LogP contribution in [-0.4, -0.2) is 48.8 Å². The standard InChI is InChI=1S/C9H20N2O/c1-8(7-10-5-6-12)11(2)9-3-4-9/h8-10,12H,3-7H2,1-2H3. The molecule has 0 amide bonds. The van der Waals surface area contributed by atoms with E-state index in [9.17, 15) is 0 Å². The first-order valence-electron chi connectivity index (χ1n) is 4.79. The second-order valence-electron chi connectivity index (χ2n) is 3.67. The van der Waals surface area contributed by atoms with Crippen LogP contribution in [0, 0.1) is 0 Å². The van der Waals surface area contributed by atoms with Crippen LogP contribution < -0.4 is 5.32 Å². The molecule has 72 valence electrons. The normalized spacial score (nSPS) is 20.0. The van der Waals surface area contributed by atoms with Crippen LogP contribution in [0.4, 0.5) is 0 Å². The number of nitrogens with zero attached hydrogens (tertiary/aromatic N) is 1. The molecule has 1 atom stereocenters. The highest BCUT2D eigenvalue weighted by Crippen LogP contribution is 2.26. The van der Waals surface area contributed by atoms with E-state index >= 15 is 0 Å². The number of hydrogen-bond donors (Lipinski definition) is 2. The fraction of sp³-hybridized carbons (Fsp3) is 1.00. The van der Waals surface area contributed by atoms with Gasteiger partial charge >= 0.3 is 0 Å². The Labute approximate surface area is 74.8 Å². The van der Waals surface area contributed by atoms with E-state index in [1.165, 1.54) is 12.8 Å². The number of hydrogen-bond acceptors (Lipinski definition) is 3. The molecule has 1 aliphatic rings. The third kappa shape index (κ3) is 3.09. The van der Waals surface area contributed by atoms with E-state index in [0.717, 1.165) is 12.6 Å². The molecule has 0 aromatic heterocycles. The molecule has 0 bridgehead atoms. The molecule has 1 unspecified atom stereocenters. The number of rotatable bonds is 6. The van der Waals surface area contributed by atoms with Gasteiger partial charge in [-0.1, -0.05) is 0 Å². The van der Waals surface area contributed by atoms with Crippen LogP contribution >= 0.6 is 0 Å². The summed E-state index contributed by atoms with van der Waals surface area (Å²) in [6.07, 6.45) is 2.72. The van der Waals surface area contributed by atoms with Crippen LogP contribution in [0.3, 0.4) is 0 Å². The average Bonchev–Trinajstić information content (AvgIpc) is 2.86. The number of aliphatic hydroxyl groups is 1. The van der Waals surface area contributed by atoms with Crippen molar-refractivity contribution in [2.24, 2.45) is 0 Å². The Morgan fingerprint density at radius 1 is 1.58 bits per heavy atom. The lowest BCUT2D eigenvalue weighted by atomic mass is 10.3. The SMILES string of the molecule is CC(CNCCO)N(C)C1CC1. The average molecular weight is 172 g/mol. The third-order valence-corrected chi connectivity index (χ3v) is 2.55. The van der Waals surface area contributed by atoms with Gasteiger partial charge in [-0.3, -0.25) is 4.90 Å². The van der Waals surface area contributed by atoms with E-state index in [-0.39, 0.29) is 6.61 Å². The summed E-state index contributed by atoms with van der Waals surface area (Å²) in [4.78, 5) is 2.42. The van der Waals surface area contributed by atoms with Crippen molar-refractivity contribution >= 4 is 0 Å². The molecule has 0 saturated heterocycles. The van der Waals surface area contributed by atoms with Gasteiger partial charge in [-0.15, -0.1) is 0 Å². The third-order valence-electron chi connectivity index (χ3n) is 2.55. The number of likely N-dealkylation sites (N-methyl/N-ethyl adjacent to an activating group) is 1. The lowest BCUT2D eigenvalue weighted by Crippen LogP contribution is -2.39. The molecule has 0 radical (unpaired) electrons. The topological polar surface area (TPSA) is 35.5 Å². The summed E-state index contributed by atoms with van der Waals surface area (Å²) >= 11 is 0. The van der Waals surface area contributed by atoms with Crippen molar-refractivity contribution in [3.8, 4) is 0 Å². The number of aliphatic hydroxyl groups excluding tert-OH is 1. The van der Waals surface area contributed by atoms with Crippen LogP contribution in [-0.2, 0) is 0 Å². The van der Waals surface area contributed by atoms with Crippen LogP contribution in [0.25, 0.3) is 0 Å². The molecule has 1 saturated carbocycles. The van der Waals surface area contributed by atoms with Crippen molar-refractivity contribution in [2.75, 3.05) is 26.7 Å². The second kappa shape index (κ2) is 4.80. The van der Waals surface area contributed by atoms with Gasteiger partial charge in [0, 0.05) is 25.2 Å². The van der Waals surface area contributed by atoms with Gasteiger partial charge in [-0.25, -0.2) is 0 Å². The van der Waals surface area contributed by atoms with E-state index in [1.54, 1.807) is 0 Å². The number of nitrogens with one attached hydrogen (secondary N) is 1. The first-order chi connectivity index (χ1) is 5.75. The van der Waals surface area contributed by atoms with Crippen molar-refractivity contribution in [1.29, 1.82) is 0 Å². The maximum atomic E-state index is 8.56. The summed E-state index contributed by atoms with van der Waals surface area (Å²) in [5.74, 6) is 0. The van der Waals surface area contributed by atoms with Crippen molar-refractivity contribution < 1.29 is 5.11 Å². The molecule has 12 heavy (non-hydrogen) atoms. The molecule has 0 aliphatic heterocycles. The van der Waals surface area contributed by atoms with Gasteiger partial charge in [0.1, 0.15) is 0 Å². The highest BCUT2D eigenvalue weighted by atomic mass is 16.3. The molecular formula is C9H20N2O. The predicted octanol–water partition coefficient (Wildman–Crippen LogP) is 0.0510.